The van der Waals surface area contributed by atoms with Crippen molar-refractivity contribution < 1.29 is 4.79 Å². The maximum Gasteiger partial charge on any atom is 0.222 e. The fourth-order valence-corrected chi connectivity index (χ4v) is 3.92. The van der Waals surface area contributed by atoms with Crippen molar-refractivity contribution >= 4 is 5.91 Å². The minimum Gasteiger partial charge on any atom is -0.342 e. The first-order valence-corrected chi connectivity index (χ1v) is 9.54. The Morgan fingerprint density at radius 3 is 2.92 bits per heavy atom. The van der Waals surface area contributed by atoms with Gasteiger partial charge in [0.05, 0.1) is 0 Å². The summed E-state index contributed by atoms with van der Waals surface area (Å²) in [4.78, 5) is 26.3. The van der Waals surface area contributed by atoms with Gasteiger partial charge in [-0.2, -0.15) is 0 Å². The van der Waals surface area contributed by atoms with Crippen molar-refractivity contribution in [3.8, 4) is 0 Å². The lowest BCUT2D eigenvalue weighted by molar-refractivity contribution is -0.130. The Bertz CT molecular complexity index is 777. The van der Waals surface area contributed by atoms with Gasteiger partial charge in [0.25, 0.3) is 0 Å². The molecule has 0 aliphatic carbocycles. The van der Waals surface area contributed by atoms with Crippen molar-refractivity contribution in [3.05, 3.63) is 59.2 Å². The minimum atomic E-state index is 0.246. The van der Waals surface area contributed by atoms with Gasteiger partial charge in [-0.1, -0.05) is 30.3 Å². The topological polar surface area (TPSA) is 49.3 Å². The van der Waals surface area contributed by atoms with Crippen molar-refractivity contribution in [1.29, 1.82) is 0 Å². The van der Waals surface area contributed by atoms with Crippen LogP contribution in [0.1, 0.15) is 41.4 Å². The number of hydrogen-bond acceptors (Lipinski definition) is 4. The predicted octanol–water partition coefficient (Wildman–Crippen LogP) is 2.41. The van der Waals surface area contributed by atoms with Gasteiger partial charge in [-0.15, -0.1) is 0 Å². The molecule has 1 amide bonds. The van der Waals surface area contributed by atoms with Crippen LogP contribution in [0.4, 0.5) is 0 Å². The highest BCUT2D eigenvalue weighted by Gasteiger charge is 2.29. The number of likely N-dealkylation sites (N-methyl/N-ethyl adjacent to an activating group) is 1. The van der Waals surface area contributed by atoms with Gasteiger partial charge in [-0.25, -0.2) is 9.97 Å². The number of fused-ring (bicyclic) bond motifs is 1. The number of likely N-dealkylation sites (tertiary alicyclic amines) is 1. The average Bonchev–Trinajstić information content (AvgIpc) is 3.17. The van der Waals surface area contributed by atoms with Gasteiger partial charge in [-0.05, 0) is 25.5 Å². The third-order valence-corrected chi connectivity index (χ3v) is 5.52. The molecule has 2 aromatic rings. The molecule has 0 spiro atoms. The smallest absolute Gasteiger partial charge is 0.222 e. The highest BCUT2D eigenvalue weighted by Crippen LogP contribution is 2.27. The van der Waals surface area contributed by atoms with E-state index in [1.165, 1.54) is 16.8 Å². The van der Waals surface area contributed by atoms with Crippen LogP contribution in [-0.4, -0.2) is 52.4 Å². The molecule has 0 N–H and O–H groups in total. The Balaban J connectivity index is 1.35. The monoisotopic (exact) mass is 350 g/mol. The molecule has 1 aromatic heterocycles. The number of carbonyl (C=O) groups excluding carboxylic acids is 1. The zero-order valence-corrected chi connectivity index (χ0v) is 15.4. The summed E-state index contributed by atoms with van der Waals surface area (Å²) in [6.45, 7) is 3.57. The van der Waals surface area contributed by atoms with E-state index < -0.39 is 0 Å². The van der Waals surface area contributed by atoms with E-state index in [2.05, 4.69) is 29.1 Å². The Morgan fingerprint density at radius 2 is 2.08 bits per heavy atom. The summed E-state index contributed by atoms with van der Waals surface area (Å²) < 4.78 is 0. The molecule has 0 bridgehead atoms. The van der Waals surface area contributed by atoms with Crippen molar-refractivity contribution in [2.24, 2.45) is 0 Å². The quantitative estimate of drug-likeness (QED) is 0.850. The highest BCUT2D eigenvalue weighted by molar-refractivity contribution is 5.76. The first-order valence-electron chi connectivity index (χ1n) is 9.54. The minimum absolute atomic E-state index is 0.246. The lowest BCUT2D eigenvalue weighted by Gasteiger charge is -2.24. The van der Waals surface area contributed by atoms with Crippen LogP contribution in [-0.2, 0) is 24.2 Å². The van der Waals surface area contributed by atoms with Gasteiger partial charge in [0, 0.05) is 62.4 Å². The van der Waals surface area contributed by atoms with Gasteiger partial charge in [0.1, 0.15) is 5.82 Å². The SMILES string of the molecule is CN1CCc2nc(C3CCN(C(=O)CCc4ccccc4)C3)ncc2C1. The molecule has 2 aliphatic rings. The van der Waals surface area contributed by atoms with E-state index in [0.29, 0.717) is 6.42 Å². The second kappa shape index (κ2) is 7.54. The Morgan fingerprint density at radius 1 is 1.23 bits per heavy atom. The van der Waals surface area contributed by atoms with Gasteiger partial charge >= 0.3 is 0 Å². The van der Waals surface area contributed by atoms with E-state index in [0.717, 1.165) is 51.3 Å². The molecular formula is C21H26N4O. The van der Waals surface area contributed by atoms with Gasteiger partial charge in [0.2, 0.25) is 5.91 Å². The number of benzene rings is 1. The van der Waals surface area contributed by atoms with Crippen LogP contribution in [0.5, 0.6) is 0 Å². The van der Waals surface area contributed by atoms with Crippen molar-refractivity contribution in [1.82, 2.24) is 19.8 Å². The summed E-state index contributed by atoms with van der Waals surface area (Å²) in [6.07, 6.45) is 5.34. The van der Waals surface area contributed by atoms with E-state index >= 15 is 0 Å². The van der Waals surface area contributed by atoms with Crippen LogP contribution < -0.4 is 0 Å². The number of carbonyl (C=O) groups is 1. The number of nitrogens with zero attached hydrogens (tertiary/aromatic N) is 4. The lowest BCUT2D eigenvalue weighted by Crippen LogP contribution is -2.29. The van der Waals surface area contributed by atoms with Crippen LogP contribution in [0.15, 0.2) is 36.5 Å². The molecule has 0 saturated carbocycles. The summed E-state index contributed by atoms with van der Waals surface area (Å²) in [6, 6.07) is 10.2. The van der Waals surface area contributed by atoms with Crippen LogP contribution in [0.25, 0.3) is 0 Å². The van der Waals surface area contributed by atoms with E-state index in [9.17, 15) is 4.79 Å². The van der Waals surface area contributed by atoms with Gasteiger partial charge in [-0.3, -0.25) is 4.79 Å². The van der Waals surface area contributed by atoms with Crippen LogP contribution in [0.3, 0.4) is 0 Å². The maximum atomic E-state index is 12.5. The Hall–Kier alpha value is -2.27. The molecule has 1 atom stereocenters. The molecular weight excluding hydrogens is 324 g/mol. The van der Waals surface area contributed by atoms with Gasteiger partial charge < -0.3 is 9.80 Å². The summed E-state index contributed by atoms with van der Waals surface area (Å²) in [5.41, 5.74) is 3.66. The maximum absolute atomic E-state index is 12.5. The molecule has 5 nitrogen and oxygen atoms in total. The summed E-state index contributed by atoms with van der Waals surface area (Å²) in [5.74, 6) is 1.45. The number of aryl methyl sites for hydroxylation is 1. The van der Waals surface area contributed by atoms with Crippen molar-refractivity contribution in [3.63, 3.8) is 0 Å². The molecule has 2 aliphatic heterocycles. The number of hydrogen-bond donors (Lipinski definition) is 0. The largest absolute Gasteiger partial charge is 0.342 e. The first kappa shape index (κ1) is 17.2. The van der Waals surface area contributed by atoms with Crippen LogP contribution in [0, 0.1) is 0 Å². The second-order valence-electron chi connectivity index (χ2n) is 7.50. The van der Waals surface area contributed by atoms with Gasteiger partial charge in [0.15, 0.2) is 0 Å². The van der Waals surface area contributed by atoms with E-state index in [-0.39, 0.29) is 11.8 Å². The predicted molar refractivity (Wildman–Crippen MR) is 101 cm³/mol. The molecule has 1 saturated heterocycles. The second-order valence-corrected chi connectivity index (χ2v) is 7.50. The fourth-order valence-electron chi connectivity index (χ4n) is 3.92. The molecule has 136 valence electrons. The molecule has 1 aromatic carbocycles. The summed E-state index contributed by atoms with van der Waals surface area (Å²) >= 11 is 0. The zero-order valence-electron chi connectivity index (χ0n) is 15.4. The number of rotatable bonds is 4. The third kappa shape index (κ3) is 3.78. The van der Waals surface area contributed by atoms with Crippen LogP contribution >= 0.6 is 0 Å². The van der Waals surface area contributed by atoms with Crippen molar-refractivity contribution in [2.75, 3.05) is 26.7 Å². The van der Waals surface area contributed by atoms with E-state index in [1.54, 1.807) is 0 Å². The summed E-state index contributed by atoms with van der Waals surface area (Å²) in [5, 5.41) is 0. The molecule has 4 rings (SSSR count). The summed E-state index contributed by atoms with van der Waals surface area (Å²) in [7, 11) is 2.13. The highest BCUT2D eigenvalue weighted by atomic mass is 16.2. The number of amides is 1. The molecule has 5 heteroatoms. The molecule has 26 heavy (non-hydrogen) atoms. The number of aromatic nitrogens is 2. The lowest BCUT2D eigenvalue weighted by atomic mass is 10.1. The molecule has 0 radical (unpaired) electrons. The fraction of sp³-hybridized carbons (Fsp3) is 0.476. The normalized spacial score (nSPS) is 20.2. The Kier molecular flexibility index (Phi) is 4.98. The molecule has 1 fully saturated rings. The standard InChI is InChI=1S/C21H26N4O/c1-24-11-10-19-18(14-24)13-22-21(23-19)17-9-12-25(15-17)20(26)8-7-16-5-3-2-4-6-16/h2-6,13,17H,7-12,14-15H2,1H3. The van der Waals surface area contributed by atoms with E-state index in [4.69, 9.17) is 4.98 Å². The van der Waals surface area contributed by atoms with Crippen molar-refractivity contribution in [2.45, 2.75) is 38.1 Å². The third-order valence-electron chi connectivity index (χ3n) is 5.52. The average molecular weight is 350 g/mol. The zero-order chi connectivity index (χ0) is 17.9. The van der Waals surface area contributed by atoms with Crippen LogP contribution in [0.2, 0.25) is 0 Å². The molecule has 1 unspecified atom stereocenters. The first-order chi connectivity index (χ1) is 12.7. The Labute approximate surface area is 155 Å². The molecule has 3 heterocycles. The van der Waals surface area contributed by atoms with E-state index in [1.807, 2.05) is 29.3 Å².